The topological polar surface area (TPSA) is 78.4 Å². The molecule has 6 heteroatoms. The number of carboxylic acid groups (broad SMARTS) is 1. The van der Waals surface area contributed by atoms with Crippen LogP contribution in [0.4, 0.5) is 10.5 Å². The quantitative estimate of drug-likeness (QED) is 0.794. The molecule has 0 radical (unpaired) electrons. The van der Waals surface area contributed by atoms with E-state index in [0.717, 1.165) is 6.42 Å². The molecule has 2 rings (SSSR count). The third-order valence-electron chi connectivity index (χ3n) is 2.98. The van der Waals surface area contributed by atoms with Crippen LogP contribution >= 0.6 is 11.3 Å². The summed E-state index contributed by atoms with van der Waals surface area (Å²) in [5, 5.41) is 16.5. The molecule has 1 aromatic heterocycles. The number of urea groups is 1. The molecule has 0 spiro atoms. The average Bonchev–Trinajstić information content (AvgIpc) is 2.94. The van der Waals surface area contributed by atoms with Crippen molar-refractivity contribution >= 4 is 29.0 Å². The number of aromatic carboxylic acids is 1. The van der Waals surface area contributed by atoms with E-state index in [9.17, 15) is 9.59 Å². The molecule has 0 saturated heterocycles. The number of amides is 2. The van der Waals surface area contributed by atoms with E-state index in [-0.39, 0.29) is 5.56 Å². The van der Waals surface area contributed by atoms with E-state index in [1.165, 1.54) is 10.9 Å². The number of carbonyl (C=O) groups is 2. The summed E-state index contributed by atoms with van der Waals surface area (Å²) < 4.78 is 0. The van der Waals surface area contributed by atoms with Gasteiger partial charge in [-0.3, -0.25) is 0 Å². The fourth-order valence-corrected chi connectivity index (χ4v) is 2.63. The first-order chi connectivity index (χ1) is 10.1. The van der Waals surface area contributed by atoms with Gasteiger partial charge in [0.1, 0.15) is 0 Å². The molecule has 0 bridgehead atoms. The number of anilines is 1. The zero-order valence-electron chi connectivity index (χ0n) is 11.6. The Morgan fingerprint density at radius 1 is 1.24 bits per heavy atom. The van der Waals surface area contributed by atoms with Crippen LogP contribution in [0.3, 0.4) is 0 Å². The maximum absolute atomic E-state index is 11.9. The summed E-state index contributed by atoms with van der Waals surface area (Å²) in [6.07, 6.45) is 0.755. The molecule has 0 aliphatic heterocycles. The summed E-state index contributed by atoms with van der Waals surface area (Å²) in [6, 6.07) is 8.45. The highest BCUT2D eigenvalue weighted by atomic mass is 32.1. The van der Waals surface area contributed by atoms with Gasteiger partial charge < -0.3 is 15.7 Å². The van der Waals surface area contributed by atoms with Crippen molar-refractivity contribution in [1.82, 2.24) is 5.32 Å². The predicted molar refractivity (Wildman–Crippen MR) is 83.2 cm³/mol. The highest BCUT2D eigenvalue weighted by Gasteiger charge is 2.14. The molecule has 3 N–H and O–H groups in total. The second-order valence-corrected chi connectivity index (χ2v) is 5.55. The molecular formula is C15H16N2O3S. The van der Waals surface area contributed by atoms with E-state index >= 15 is 0 Å². The Bertz CT molecular complexity index is 638. The van der Waals surface area contributed by atoms with Gasteiger partial charge >= 0.3 is 12.0 Å². The molecule has 2 amide bonds. The number of benzene rings is 1. The molecule has 110 valence electrons. The van der Waals surface area contributed by atoms with Crippen LogP contribution in [0.25, 0.3) is 0 Å². The van der Waals surface area contributed by atoms with Crippen molar-refractivity contribution in [1.29, 1.82) is 0 Å². The second kappa shape index (κ2) is 6.90. The van der Waals surface area contributed by atoms with Gasteiger partial charge in [-0.2, -0.15) is 0 Å². The third kappa shape index (κ3) is 4.06. The number of thiophene rings is 1. The van der Waals surface area contributed by atoms with Gasteiger partial charge in [0.2, 0.25) is 0 Å². The first kappa shape index (κ1) is 15.1. The molecular weight excluding hydrogens is 288 g/mol. The van der Waals surface area contributed by atoms with Crippen molar-refractivity contribution in [3.63, 3.8) is 0 Å². The first-order valence-corrected chi connectivity index (χ1v) is 7.36. The van der Waals surface area contributed by atoms with Gasteiger partial charge in [0.25, 0.3) is 0 Å². The van der Waals surface area contributed by atoms with Crippen LogP contribution in [-0.4, -0.2) is 23.7 Å². The lowest BCUT2D eigenvalue weighted by molar-refractivity contribution is 0.0698. The minimum atomic E-state index is -1.06. The maximum Gasteiger partial charge on any atom is 0.337 e. The molecule has 21 heavy (non-hydrogen) atoms. The number of carboxylic acids is 1. The third-order valence-corrected chi connectivity index (χ3v) is 3.91. The lowest BCUT2D eigenvalue weighted by Crippen LogP contribution is -2.31. The van der Waals surface area contributed by atoms with Gasteiger partial charge in [0.15, 0.2) is 0 Å². The molecule has 0 aliphatic rings. The number of nitrogens with one attached hydrogen (secondary N) is 2. The van der Waals surface area contributed by atoms with E-state index in [1.54, 1.807) is 30.4 Å². The van der Waals surface area contributed by atoms with Crippen molar-refractivity contribution in [2.75, 3.05) is 11.9 Å². The number of hydrogen-bond donors (Lipinski definition) is 3. The summed E-state index contributed by atoms with van der Waals surface area (Å²) in [7, 11) is 0. The van der Waals surface area contributed by atoms with Crippen molar-refractivity contribution in [3.05, 3.63) is 51.7 Å². The molecule has 0 atom stereocenters. The Balaban J connectivity index is 1.95. The zero-order valence-corrected chi connectivity index (χ0v) is 12.4. The molecule has 2 aromatic rings. The number of hydrogen-bond acceptors (Lipinski definition) is 3. The first-order valence-electron chi connectivity index (χ1n) is 6.48. The molecule has 0 unspecified atom stereocenters. The molecule has 0 aliphatic carbocycles. The minimum Gasteiger partial charge on any atom is -0.478 e. The van der Waals surface area contributed by atoms with Crippen molar-refractivity contribution in [3.8, 4) is 0 Å². The lowest BCUT2D eigenvalue weighted by atomic mass is 10.1. The normalized spacial score (nSPS) is 10.1. The van der Waals surface area contributed by atoms with E-state index in [1.807, 2.05) is 17.5 Å². The Labute approximate surface area is 126 Å². The van der Waals surface area contributed by atoms with Gasteiger partial charge in [-0.05, 0) is 36.4 Å². The largest absolute Gasteiger partial charge is 0.478 e. The van der Waals surface area contributed by atoms with E-state index < -0.39 is 12.0 Å². The van der Waals surface area contributed by atoms with E-state index in [2.05, 4.69) is 10.6 Å². The van der Waals surface area contributed by atoms with Gasteiger partial charge in [-0.1, -0.05) is 18.2 Å². The average molecular weight is 304 g/mol. The fraction of sp³-hybridized carbons (Fsp3) is 0.200. The Morgan fingerprint density at radius 3 is 2.71 bits per heavy atom. The lowest BCUT2D eigenvalue weighted by Gasteiger charge is -2.12. The van der Waals surface area contributed by atoms with Crippen LogP contribution in [0.2, 0.25) is 0 Å². The summed E-state index contributed by atoms with van der Waals surface area (Å²) in [4.78, 5) is 24.2. The van der Waals surface area contributed by atoms with Crippen LogP contribution in [0.1, 0.15) is 20.8 Å². The summed E-state index contributed by atoms with van der Waals surface area (Å²) >= 11 is 1.64. The fourth-order valence-electron chi connectivity index (χ4n) is 1.92. The Hall–Kier alpha value is -2.34. The molecule has 5 nitrogen and oxygen atoms in total. The summed E-state index contributed by atoms with van der Waals surface area (Å²) in [6.45, 7) is 2.26. The highest BCUT2D eigenvalue weighted by molar-refractivity contribution is 7.09. The van der Waals surface area contributed by atoms with Crippen LogP contribution in [0, 0.1) is 6.92 Å². The van der Waals surface area contributed by atoms with Crippen molar-refractivity contribution in [2.24, 2.45) is 0 Å². The number of rotatable bonds is 5. The van der Waals surface area contributed by atoms with Gasteiger partial charge in [-0.15, -0.1) is 11.3 Å². The van der Waals surface area contributed by atoms with Crippen LogP contribution in [-0.2, 0) is 6.42 Å². The smallest absolute Gasteiger partial charge is 0.337 e. The molecule has 0 saturated carbocycles. The summed E-state index contributed by atoms with van der Waals surface area (Å²) in [5.41, 5.74) is 1.13. The van der Waals surface area contributed by atoms with Gasteiger partial charge in [-0.25, -0.2) is 9.59 Å². The van der Waals surface area contributed by atoms with Crippen LogP contribution in [0.5, 0.6) is 0 Å². The maximum atomic E-state index is 11.9. The van der Waals surface area contributed by atoms with E-state index in [0.29, 0.717) is 17.8 Å². The standard InChI is InChI=1S/C15H16N2O3S/c1-10-4-2-6-12(14(18)19)13(10)17-15(20)16-8-7-11-5-3-9-21-11/h2-6,9H,7-8H2,1H3,(H,18,19)(H2,16,17,20). The van der Waals surface area contributed by atoms with Crippen LogP contribution < -0.4 is 10.6 Å². The number of aryl methyl sites for hydroxylation is 1. The van der Waals surface area contributed by atoms with Crippen molar-refractivity contribution < 1.29 is 14.7 Å². The Kier molecular flexibility index (Phi) is 4.94. The molecule has 1 heterocycles. The van der Waals surface area contributed by atoms with Gasteiger partial charge in [0, 0.05) is 11.4 Å². The van der Waals surface area contributed by atoms with E-state index in [4.69, 9.17) is 5.11 Å². The van der Waals surface area contributed by atoms with Crippen molar-refractivity contribution in [2.45, 2.75) is 13.3 Å². The summed E-state index contributed by atoms with van der Waals surface area (Å²) in [5.74, 6) is -1.06. The molecule has 0 fully saturated rings. The SMILES string of the molecule is Cc1cccc(C(=O)O)c1NC(=O)NCCc1cccs1. The molecule has 1 aromatic carbocycles. The monoisotopic (exact) mass is 304 g/mol. The number of para-hydroxylation sites is 1. The second-order valence-electron chi connectivity index (χ2n) is 4.51. The minimum absolute atomic E-state index is 0.0865. The predicted octanol–water partition coefficient (Wildman–Crippen LogP) is 3.12. The van der Waals surface area contributed by atoms with Crippen LogP contribution in [0.15, 0.2) is 35.7 Å². The Morgan fingerprint density at radius 2 is 2.05 bits per heavy atom. The number of carbonyl (C=O) groups excluding carboxylic acids is 1. The zero-order chi connectivity index (χ0) is 15.2. The highest BCUT2D eigenvalue weighted by Crippen LogP contribution is 2.20. The van der Waals surface area contributed by atoms with Gasteiger partial charge in [0.05, 0.1) is 11.3 Å².